The lowest BCUT2D eigenvalue weighted by molar-refractivity contribution is 0.362. The third-order valence-electron chi connectivity index (χ3n) is 6.54. The van der Waals surface area contributed by atoms with E-state index >= 15 is 0 Å². The molecular weight excluding hydrogens is 410 g/mol. The quantitative estimate of drug-likeness (QED) is 0.314. The molecule has 0 aliphatic rings. The molecule has 0 amide bonds. The van der Waals surface area contributed by atoms with Gasteiger partial charge in [-0.3, -0.25) is 0 Å². The highest BCUT2D eigenvalue weighted by Gasteiger charge is 2.33. The Balaban J connectivity index is 1.80. The number of nitrogens with one attached hydrogen (secondary N) is 2. The number of nitrogens with zero attached hydrogens (tertiary/aromatic N) is 1. The molecule has 0 atom stereocenters. The van der Waals surface area contributed by atoms with Crippen LogP contribution in [0.4, 0.5) is 0 Å². The van der Waals surface area contributed by atoms with Gasteiger partial charge in [-0.25, -0.2) is 0 Å². The Morgan fingerprint density at radius 3 is 2.09 bits per heavy atom. The van der Waals surface area contributed by atoms with Crippen LogP contribution < -0.4 is 0 Å². The van der Waals surface area contributed by atoms with E-state index in [0.717, 1.165) is 6.42 Å². The molecule has 0 aliphatic carbocycles. The Bertz CT molecular complexity index is 1270. The fourth-order valence-electron chi connectivity index (χ4n) is 5.22. The molecule has 0 saturated heterocycles. The van der Waals surface area contributed by atoms with E-state index in [1.807, 2.05) is 17.5 Å². The van der Waals surface area contributed by atoms with Crippen LogP contribution in [0.1, 0.15) is 98.0 Å². The van der Waals surface area contributed by atoms with Gasteiger partial charge < -0.3 is 14.5 Å². The maximum absolute atomic E-state index is 3.82. The van der Waals surface area contributed by atoms with Crippen molar-refractivity contribution < 1.29 is 0 Å². The van der Waals surface area contributed by atoms with Crippen molar-refractivity contribution in [1.29, 1.82) is 0 Å². The lowest BCUT2D eigenvalue weighted by atomic mass is 9.78. The second-order valence-electron chi connectivity index (χ2n) is 13.2. The highest BCUT2D eigenvalue weighted by molar-refractivity contribution is 7.18. The monoisotopic (exact) mass is 451 g/mol. The molecule has 0 unspecified atom stereocenters. The summed E-state index contributed by atoms with van der Waals surface area (Å²) in [6.07, 6.45) is 3.07. The summed E-state index contributed by atoms with van der Waals surface area (Å²) in [4.78, 5) is 10.0. The smallest absolute Gasteiger partial charge is 0.100 e. The molecule has 4 heteroatoms. The molecule has 3 nitrogen and oxygen atoms in total. The minimum Gasteiger partial charge on any atom is -0.360 e. The van der Waals surface area contributed by atoms with Gasteiger partial charge in [-0.15, -0.1) is 11.3 Å². The van der Waals surface area contributed by atoms with Gasteiger partial charge in [-0.05, 0) is 56.4 Å². The molecule has 0 aromatic carbocycles. The van der Waals surface area contributed by atoms with Gasteiger partial charge >= 0.3 is 0 Å². The van der Waals surface area contributed by atoms with E-state index < -0.39 is 0 Å². The first-order valence-electron chi connectivity index (χ1n) is 11.9. The molecule has 174 valence electrons. The molecule has 0 spiro atoms. The van der Waals surface area contributed by atoms with Crippen LogP contribution >= 0.6 is 11.3 Å². The third-order valence-corrected chi connectivity index (χ3v) is 7.59. The summed E-state index contributed by atoms with van der Waals surface area (Å²) in [5, 5.41) is 1.41. The van der Waals surface area contributed by atoms with Gasteiger partial charge in [0, 0.05) is 44.2 Å². The van der Waals surface area contributed by atoms with Crippen molar-refractivity contribution in [2.45, 2.75) is 104 Å². The van der Waals surface area contributed by atoms with E-state index in [-0.39, 0.29) is 21.8 Å². The predicted octanol–water partition coefficient (Wildman–Crippen LogP) is 8.38. The van der Waals surface area contributed by atoms with Gasteiger partial charge in [0.2, 0.25) is 0 Å². The molecule has 4 aromatic rings. The maximum atomic E-state index is 3.82. The van der Waals surface area contributed by atoms with Gasteiger partial charge in [-0.2, -0.15) is 0 Å². The second-order valence-corrected chi connectivity index (χ2v) is 14.3. The first-order chi connectivity index (χ1) is 14.5. The first-order valence-corrected chi connectivity index (χ1v) is 12.7. The van der Waals surface area contributed by atoms with Crippen LogP contribution in [0.25, 0.3) is 21.3 Å². The summed E-state index contributed by atoms with van der Waals surface area (Å²) in [7, 11) is 0. The number of hydrogen-bond donors (Lipinski definition) is 2. The minimum absolute atomic E-state index is 0.0181. The Kier molecular flexibility index (Phi) is 5.10. The Morgan fingerprint density at radius 2 is 1.53 bits per heavy atom. The van der Waals surface area contributed by atoms with Crippen LogP contribution in [-0.4, -0.2) is 14.5 Å². The van der Waals surface area contributed by atoms with Crippen molar-refractivity contribution in [3.63, 3.8) is 0 Å². The molecule has 0 radical (unpaired) electrons. The summed E-state index contributed by atoms with van der Waals surface area (Å²) in [6.45, 7) is 25.6. The lowest BCUT2D eigenvalue weighted by Gasteiger charge is -2.33. The summed E-state index contributed by atoms with van der Waals surface area (Å²) in [5.74, 6) is 0. The predicted molar refractivity (Wildman–Crippen MR) is 142 cm³/mol. The zero-order chi connectivity index (χ0) is 23.9. The van der Waals surface area contributed by atoms with Crippen molar-refractivity contribution >= 4 is 32.6 Å². The summed E-state index contributed by atoms with van der Waals surface area (Å²) in [6, 6.07) is 7.03. The number of aromatic nitrogens is 3. The normalized spacial score (nSPS) is 14.2. The zero-order valence-electron chi connectivity index (χ0n) is 21.9. The van der Waals surface area contributed by atoms with Crippen LogP contribution in [0.15, 0.2) is 24.4 Å². The highest BCUT2D eigenvalue weighted by atomic mass is 32.1. The fourth-order valence-corrected chi connectivity index (χ4v) is 6.52. The molecule has 0 fully saturated rings. The first kappa shape index (κ1) is 23.2. The molecule has 4 heterocycles. The van der Waals surface area contributed by atoms with Crippen LogP contribution in [-0.2, 0) is 28.2 Å². The van der Waals surface area contributed by atoms with E-state index in [2.05, 4.69) is 109 Å². The third kappa shape index (κ3) is 3.85. The van der Waals surface area contributed by atoms with Gasteiger partial charge in [0.1, 0.15) is 4.83 Å². The van der Waals surface area contributed by atoms with Crippen LogP contribution in [0.5, 0.6) is 0 Å². The zero-order valence-corrected chi connectivity index (χ0v) is 22.7. The average molecular weight is 452 g/mol. The summed E-state index contributed by atoms with van der Waals surface area (Å²) < 4.78 is 2.52. The Hall–Kier alpha value is -1.94. The van der Waals surface area contributed by atoms with E-state index in [9.17, 15) is 0 Å². The SMILES string of the molecule is CC(C)(C)c1[nH]c2sc(CC(C)(C)c3cc4[nH]ccc4n3C(C)(C)C)cc2c1C(C)(C)C. The molecule has 4 aromatic heterocycles. The molecule has 0 aliphatic heterocycles. The van der Waals surface area contributed by atoms with Crippen molar-refractivity contribution in [3.05, 3.63) is 46.2 Å². The van der Waals surface area contributed by atoms with Crippen molar-refractivity contribution in [2.75, 3.05) is 0 Å². The fraction of sp³-hybridized carbons (Fsp3) is 0.571. The second kappa shape index (κ2) is 7.03. The molecule has 2 N–H and O–H groups in total. The van der Waals surface area contributed by atoms with E-state index in [4.69, 9.17) is 0 Å². The molecular formula is C28H41N3S. The van der Waals surface area contributed by atoms with Crippen molar-refractivity contribution in [3.8, 4) is 0 Å². The van der Waals surface area contributed by atoms with E-state index in [1.54, 1.807) is 0 Å². The number of H-pyrrole nitrogens is 2. The molecule has 0 saturated carbocycles. The molecule has 4 rings (SSSR count). The van der Waals surface area contributed by atoms with Gasteiger partial charge in [0.05, 0.1) is 11.0 Å². The van der Waals surface area contributed by atoms with E-state index in [0.29, 0.717) is 0 Å². The Labute approximate surface area is 197 Å². The number of thiophene rings is 1. The van der Waals surface area contributed by atoms with Crippen LogP contribution in [0.2, 0.25) is 0 Å². The molecule has 0 bridgehead atoms. The number of fused-ring (bicyclic) bond motifs is 2. The highest BCUT2D eigenvalue weighted by Crippen LogP contribution is 2.44. The molecule has 32 heavy (non-hydrogen) atoms. The summed E-state index contributed by atoms with van der Waals surface area (Å²) in [5.41, 5.74) is 7.04. The number of hydrogen-bond acceptors (Lipinski definition) is 1. The van der Waals surface area contributed by atoms with E-state index in [1.165, 1.54) is 43.1 Å². The van der Waals surface area contributed by atoms with Crippen LogP contribution in [0, 0.1) is 0 Å². The summed E-state index contributed by atoms with van der Waals surface area (Å²) >= 11 is 1.94. The van der Waals surface area contributed by atoms with Gasteiger partial charge in [0.25, 0.3) is 0 Å². The largest absolute Gasteiger partial charge is 0.360 e. The number of rotatable bonds is 3. The van der Waals surface area contributed by atoms with Gasteiger partial charge in [-0.1, -0.05) is 55.4 Å². The number of aromatic amines is 2. The van der Waals surface area contributed by atoms with Crippen LogP contribution in [0.3, 0.4) is 0 Å². The van der Waals surface area contributed by atoms with Crippen molar-refractivity contribution in [2.24, 2.45) is 0 Å². The lowest BCUT2D eigenvalue weighted by Crippen LogP contribution is -2.31. The Morgan fingerprint density at radius 1 is 0.875 bits per heavy atom. The standard InChI is InChI=1S/C28H41N3S/c1-25(2,3)22-18-14-17(32-24(18)30-23(22)26(4,5)6)16-28(10,11)21-15-19-20(12-13-29-19)31(21)27(7,8)9/h12-15,29-30H,16H2,1-11H3. The minimum atomic E-state index is 0.0181. The topological polar surface area (TPSA) is 36.5 Å². The van der Waals surface area contributed by atoms with Crippen molar-refractivity contribution in [1.82, 2.24) is 14.5 Å². The maximum Gasteiger partial charge on any atom is 0.100 e. The van der Waals surface area contributed by atoms with Gasteiger partial charge in [0.15, 0.2) is 0 Å². The average Bonchev–Trinajstić information content (AvgIpc) is 3.27.